The molecule has 5 rings (SSSR count). The van der Waals surface area contributed by atoms with Gasteiger partial charge >= 0.3 is 263 Å². The predicted molar refractivity (Wildman–Crippen MR) is 177 cm³/mol. The molecule has 5 heteroatoms. The maximum absolute atomic E-state index is 2.62. The second kappa shape index (κ2) is 17.9. The standard InChI is InChI=1S/C39H45Si.3ClH.Ti/c1-4-7-12-31-17-24-35(25-18-31)40(36-26-19-32(20-27-36)13-8-5-2,37-28-21-33(22-29-37)14-9-6-3)39-30-23-34-15-10-11-16-38(34)39;;;;/h10-11,15-30H,4-9,12-14H2,1-3H3;3*1H;/q;;;;+3/p-3. The van der Waals surface area contributed by atoms with Crippen molar-refractivity contribution in [2.24, 2.45) is 0 Å². The van der Waals surface area contributed by atoms with Gasteiger partial charge < -0.3 is 37.2 Å². The van der Waals surface area contributed by atoms with E-state index in [0.29, 0.717) is 0 Å². The third kappa shape index (κ3) is 7.68. The number of rotatable bonds is 13. The summed E-state index contributed by atoms with van der Waals surface area (Å²) in [6, 6.07) is 38.6. The smallest absolute Gasteiger partial charge is 1.00 e. The van der Waals surface area contributed by atoms with Gasteiger partial charge in [0.05, 0.1) is 0 Å². The first kappa shape index (κ1) is 38.6. The molecule has 0 saturated heterocycles. The van der Waals surface area contributed by atoms with Crippen molar-refractivity contribution < 1.29 is 57.7 Å². The number of benzene rings is 4. The number of halogens is 3. The fraction of sp³-hybridized carbons (Fsp3) is 0.333. The molecular weight excluding hydrogens is 651 g/mol. The molecule has 230 valence electrons. The number of hydrogen-bond donors (Lipinski definition) is 0. The number of fused-ring (bicyclic) bond motifs is 1. The molecule has 0 aliphatic heterocycles. The molecule has 4 aromatic carbocycles. The molecule has 44 heavy (non-hydrogen) atoms. The molecule has 0 nitrogen and oxygen atoms in total. The number of unbranched alkanes of at least 4 members (excludes halogenated alkanes) is 3. The first-order valence-electron chi connectivity index (χ1n) is 15.9. The van der Waals surface area contributed by atoms with Gasteiger partial charge in [0.25, 0.3) is 0 Å². The van der Waals surface area contributed by atoms with E-state index in [1.165, 1.54) is 81.9 Å². The minimum Gasteiger partial charge on any atom is -1.00 e. The van der Waals surface area contributed by atoms with E-state index < -0.39 is 8.07 Å². The van der Waals surface area contributed by atoms with E-state index in [2.05, 4.69) is 150 Å². The van der Waals surface area contributed by atoms with Crippen LogP contribution < -0.4 is 52.8 Å². The second-order valence-corrected chi connectivity index (χ2v) is 17.9. The summed E-state index contributed by atoms with van der Waals surface area (Å²) >= 11 is 2.53. The average molecular weight is 696 g/mol. The summed E-state index contributed by atoms with van der Waals surface area (Å²) < 4.78 is -0.121. The van der Waals surface area contributed by atoms with Crippen LogP contribution >= 0.6 is 0 Å². The largest absolute Gasteiger partial charge is 1.00 e. The summed E-state index contributed by atoms with van der Waals surface area (Å²) in [7, 11) is -2.62. The first-order valence-corrected chi connectivity index (χ1v) is 18.7. The Morgan fingerprint density at radius 1 is 0.523 bits per heavy atom. The van der Waals surface area contributed by atoms with Crippen molar-refractivity contribution >= 4 is 29.7 Å². The molecule has 0 spiro atoms. The molecule has 0 fully saturated rings. The van der Waals surface area contributed by atoms with Gasteiger partial charge in [-0.15, -0.1) is 0 Å². The maximum atomic E-state index is 2.55. The Labute approximate surface area is 298 Å². The minimum absolute atomic E-state index is 0. The van der Waals surface area contributed by atoms with Crippen molar-refractivity contribution in [3.8, 4) is 0 Å². The van der Waals surface area contributed by atoms with Gasteiger partial charge in [0, 0.05) is 0 Å². The molecule has 0 amide bonds. The van der Waals surface area contributed by atoms with Gasteiger partial charge in [-0.05, 0) is 0 Å². The molecule has 1 aliphatic rings. The molecular formula is C39H45Cl3SiTi. The van der Waals surface area contributed by atoms with Crippen LogP contribution in [0.3, 0.4) is 0 Å². The van der Waals surface area contributed by atoms with Crippen molar-refractivity contribution in [2.75, 3.05) is 0 Å². The van der Waals surface area contributed by atoms with Crippen molar-refractivity contribution in [1.82, 2.24) is 0 Å². The Balaban J connectivity index is 0.00000225. The fourth-order valence-corrected chi connectivity index (χ4v) is 14.6. The second-order valence-electron chi connectivity index (χ2n) is 11.9. The van der Waals surface area contributed by atoms with E-state index in [4.69, 9.17) is 0 Å². The molecule has 0 saturated carbocycles. The van der Waals surface area contributed by atoms with E-state index in [1.807, 2.05) is 0 Å². The first-order chi connectivity index (χ1) is 20.1. The van der Waals surface area contributed by atoms with Gasteiger partial charge in [-0.25, -0.2) is 0 Å². The van der Waals surface area contributed by atoms with Crippen LogP contribution in [-0.4, -0.2) is 8.07 Å². The number of allylic oxidation sites excluding steroid dienone is 1. The SMILES string of the molecule is CCCCc1ccc([Si](c2ccc(CCCC)cc2)(c2ccc(CCCC)cc2)[C]2([Ti+3])C=Cc3ccccc32)cc1.[Cl-].[Cl-].[Cl-]. The van der Waals surface area contributed by atoms with E-state index in [1.54, 1.807) is 0 Å². The average Bonchev–Trinajstić information content (AvgIpc) is 3.37. The topological polar surface area (TPSA) is 0 Å². The number of aryl methyl sites for hydroxylation is 3. The Morgan fingerprint density at radius 2 is 0.886 bits per heavy atom. The van der Waals surface area contributed by atoms with E-state index >= 15 is 0 Å². The quantitative estimate of drug-likeness (QED) is 0.127. The fourth-order valence-electron chi connectivity index (χ4n) is 6.72. The van der Waals surface area contributed by atoms with Crippen LogP contribution in [0, 0.1) is 0 Å². The normalized spacial score (nSPS) is 15.1. The number of hydrogen-bond acceptors (Lipinski definition) is 0. The zero-order valence-corrected chi connectivity index (χ0v) is 31.2. The van der Waals surface area contributed by atoms with E-state index in [9.17, 15) is 0 Å². The molecule has 0 heterocycles. The van der Waals surface area contributed by atoms with Crippen LogP contribution in [0.5, 0.6) is 0 Å². The van der Waals surface area contributed by atoms with Crippen molar-refractivity contribution in [2.45, 2.75) is 81.9 Å². The van der Waals surface area contributed by atoms with Crippen LogP contribution in [-0.2, 0) is 43.0 Å². The molecule has 1 aliphatic carbocycles. The molecule has 0 radical (unpaired) electrons. The van der Waals surface area contributed by atoms with Crippen LogP contribution in [0.25, 0.3) is 6.08 Å². The van der Waals surface area contributed by atoms with Crippen LogP contribution in [0.15, 0.2) is 103 Å². The van der Waals surface area contributed by atoms with Gasteiger partial charge in [0.1, 0.15) is 0 Å². The van der Waals surface area contributed by atoms with Crippen molar-refractivity contribution in [1.29, 1.82) is 0 Å². The molecule has 1 atom stereocenters. The summed E-state index contributed by atoms with van der Waals surface area (Å²) in [6.07, 6.45) is 15.8. The maximum Gasteiger partial charge on any atom is -1.00 e. The zero-order chi connectivity index (χ0) is 28.7. The minimum atomic E-state index is -2.62. The van der Waals surface area contributed by atoms with Gasteiger partial charge in [-0.2, -0.15) is 0 Å². The Bertz CT molecular complexity index is 1320. The van der Waals surface area contributed by atoms with Crippen LogP contribution in [0.4, 0.5) is 0 Å². The van der Waals surface area contributed by atoms with Gasteiger partial charge in [-0.3, -0.25) is 0 Å². The van der Waals surface area contributed by atoms with Gasteiger partial charge in [0.15, 0.2) is 0 Å². The summed E-state index contributed by atoms with van der Waals surface area (Å²) in [5.41, 5.74) is 7.19. The van der Waals surface area contributed by atoms with Gasteiger partial charge in [0.2, 0.25) is 0 Å². The summed E-state index contributed by atoms with van der Waals surface area (Å²) in [5.74, 6) is 0. The Hall–Kier alpha value is -1.58. The Morgan fingerprint density at radius 3 is 1.25 bits per heavy atom. The summed E-state index contributed by atoms with van der Waals surface area (Å²) in [4.78, 5) is 0. The monoisotopic (exact) mass is 694 g/mol. The van der Waals surface area contributed by atoms with Crippen molar-refractivity contribution in [3.05, 3.63) is 131 Å². The predicted octanol–water partition coefficient (Wildman–Crippen LogP) is -0.795. The third-order valence-electron chi connectivity index (χ3n) is 9.11. The molecule has 0 N–H and O–H groups in total. The van der Waals surface area contributed by atoms with Crippen LogP contribution in [0.2, 0.25) is 0 Å². The van der Waals surface area contributed by atoms with E-state index in [0.717, 1.165) is 19.3 Å². The van der Waals surface area contributed by atoms with Crippen molar-refractivity contribution in [3.63, 3.8) is 0 Å². The zero-order valence-electron chi connectivity index (χ0n) is 26.4. The molecule has 4 aromatic rings. The summed E-state index contributed by atoms with van der Waals surface area (Å²) in [5, 5.41) is 4.51. The Kier molecular flexibility index (Phi) is 15.7. The molecule has 0 aromatic heterocycles. The summed E-state index contributed by atoms with van der Waals surface area (Å²) in [6.45, 7) is 6.85. The van der Waals surface area contributed by atoms with Crippen LogP contribution in [0.1, 0.15) is 87.1 Å². The van der Waals surface area contributed by atoms with E-state index in [-0.39, 0.29) is 40.6 Å². The third-order valence-corrected chi connectivity index (χ3v) is 16.8. The molecule has 1 unspecified atom stereocenters. The molecule has 0 bridgehead atoms. The van der Waals surface area contributed by atoms with Gasteiger partial charge in [-0.1, -0.05) is 0 Å².